The molecule has 68 valence electrons. The number of benzene rings is 1. The van der Waals surface area contributed by atoms with Gasteiger partial charge in [-0.05, 0) is 18.2 Å². The van der Waals surface area contributed by atoms with Gasteiger partial charge in [-0.2, -0.15) is 0 Å². The van der Waals surface area contributed by atoms with Crippen LogP contribution in [0.15, 0.2) is 24.3 Å². The molecule has 0 heterocycles. The number of nitrogens with two attached hydrogens (primary N) is 1. The zero-order chi connectivity index (χ0) is 9.84. The number of carbonyl (C=O) groups is 1. The van der Waals surface area contributed by atoms with Gasteiger partial charge in [-0.25, -0.2) is 4.39 Å². The second-order valence-electron chi connectivity index (χ2n) is 2.44. The lowest BCUT2D eigenvalue weighted by Gasteiger charge is -1.97. The second kappa shape index (κ2) is 3.71. The number of phenolic OH excluding ortho intramolecular Hbond substituents is 1. The van der Waals surface area contributed by atoms with Gasteiger partial charge in [0.15, 0.2) is 0 Å². The van der Waals surface area contributed by atoms with Gasteiger partial charge in [-0.15, -0.1) is 0 Å². The van der Waals surface area contributed by atoms with Crippen molar-refractivity contribution >= 4 is 12.0 Å². The van der Waals surface area contributed by atoms with Crippen LogP contribution in [0.3, 0.4) is 0 Å². The van der Waals surface area contributed by atoms with E-state index in [9.17, 15) is 9.18 Å². The van der Waals surface area contributed by atoms with E-state index in [1.807, 2.05) is 0 Å². The first kappa shape index (κ1) is 9.25. The van der Waals surface area contributed by atoms with Crippen LogP contribution in [0.5, 0.6) is 5.75 Å². The van der Waals surface area contributed by atoms with Crippen LogP contribution in [0.4, 0.5) is 4.39 Å². The molecule has 3 nitrogen and oxygen atoms in total. The number of amides is 1. The van der Waals surface area contributed by atoms with Crippen molar-refractivity contribution in [3.05, 3.63) is 35.7 Å². The molecule has 1 aromatic rings. The maximum atomic E-state index is 12.5. The van der Waals surface area contributed by atoms with Gasteiger partial charge >= 0.3 is 0 Å². The number of rotatable bonds is 2. The number of primary amides is 1. The van der Waals surface area contributed by atoms with Crippen LogP contribution >= 0.6 is 0 Å². The average Bonchev–Trinajstić information content (AvgIpc) is 2.02. The quantitative estimate of drug-likeness (QED) is 0.669. The summed E-state index contributed by atoms with van der Waals surface area (Å²) in [5.74, 6) is -1.38. The summed E-state index contributed by atoms with van der Waals surface area (Å²) in [6.07, 6.45) is 2.41. The third kappa shape index (κ3) is 2.59. The number of phenols is 1. The number of carbonyl (C=O) groups excluding carboxylic acids is 1. The van der Waals surface area contributed by atoms with Gasteiger partial charge in [0, 0.05) is 17.7 Å². The third-order valence-electron chi connectivity index (χ3n) is 1.42. The molecule has 0 spiro atoms. The van der Waals surface area contributed by atoms with Crippen molar-refractivity contribution < 1.29 is 14.3 Å². The topological polar surface area (TPSA) is 63.3 Å². The Morgan fingerprint density at radius 3 is 2.77 bits per heavy atom. The predicted octanol–water partition coefficient (Wildman–Crippen LogP) is 1.03. The van der Waals surface area contributed by atoms with Crippen molar-refractivity contribution in [3.63, 3.8) is 0 Å². The van der Waals surface area contributed by atoms with Gasteiger partial charge in [0.05, 0.1) is 0 Å². The Labute approximate surface area is 74.3 Å². The number of aromatic hydroxyl groups is 1. The Morgan fingerprint density at radius 2 is 2.23 bits per heavy atom. The lowest BCUT2D eigenvalue weighted by Crippen LogP contribution is -2.05. The standard InChI is InChI=1S/C9H8FNO2/c10-7-3-1-6(8(12)5-7)2-4-9(11)13/h1-5,12H,(H2,11,13)/b4-2+. The van der Waals surface area contributed by atoms with Crippen molar-refractivity contribution in [1.29, 1.82) is 0 Å². The molecule has 1 amide bonds. The van der Waals surface area contributed by atoms with Crippen molar-refractivity contribution in [1.82, 2.24) is 0 Å². The molecule has 0 aliphatic carbocycles. The lowest BCUT2D eigenvalue weighted by molar-refractivity contribution is -0.113. The molecule has 3 N–H and O–H groups in total. The SMILES string of the molecule is NC(=O)/C=C/c1ccc(F)cc1O. The average molecular weight is 181 g/mol. The zero-order valence-electron chi connectivity index (χ0n) is 6.70. The fraction of sp³-hybridized carbons (Fsp3) is 0. The molecular weight excluding hydrogens is 173 g/mol. The van der Waals surface area contributed by atoms with Crippen LogP contribution in [0.2, 0.25) is 0 Å². The van der Waals surface area contributed by atoms with E-state index in [2.05, 4.69) is 0 Å². The highest BCUT2D eigenvalue weighted by Crippen LogP contribution is 2.18. The van der Waals surface area contributed by atoms with E-state index in [1.165, 1.54) is 18.2 Å². The Balaban J connectivity index is 2.96. The Hall–Kier alpha value is -1.84. The van der Waals surface area contributed by atoms with Gasteiger partial charge in [0.1, 0.15) is 11.6 Å². The Morgan fingerprint density at radius 1 is 1.54 bits per heavy atom. The van der Waals surface area contributed by atoms with E-state index in [1.54, 1.807) is 0 Å². The highest BCUT2D eigenvalue weighted by Gasteiger charge is 1.98. The van der Waals surface area contributed by atoms with Gasteiger partial charge in [-0.1, -0.05) is 0 Å². The fourth-order valence-electron chi connectivity index (χ4n) is 0.830. The largest absolute Gasteiger partial charge is 0.507 e. The normalized spacial score (nSPS) is 10.5. The molecule has 0 aliphatic rings. The van der Waals surface area contributed by atoms with Crippen LogP contribution in [0.25, 0.3) is 6.08 Å². The first-order chi connectivity index (χ1) is 6.09. The predicted molar refractivity (Wildman–Crippen MR) is 46.3 cm³/mol. The van der Waals surface area contributed by atoms with E-state index in [-0.39, 0.29) is 5.75 Å². The van der Waals surface area contributed by atoms with Crippen LogP contribution in [-0.2, 0) is 4.79 Å². The summed E-state index contributed by atoms with van der Waals surface area (Å²) in [5, 5.41) is 9.16. The highest BCUT2D eigenvalue weighted by molar-refractivity contribution is 5.90. The monoisotopic (exact) mass is 181 g/mol. The first-order valence-electron chi connectivity index (χ1n) is 3.55. The molecule has 0 saturated heterocycles. The van der Waals surface area contributed by atoms with E-state index >= 15 is 0 Å². The Kier molecular flexibility index (Phi) is 2.64. The van der Waals surface area contributed by atoms with Crippen molar-refractivity contribution in [2.24, 2.45) is 5.73 Å². The molecule has 0 bridgehead atoms. The van der Waals surface area contributed by atoms with Crippen molar-refractivity contribution in [2.75, 3.05) is 0 Å². The minimum atomic E-state index is -0.622. The van der Waals surface area contributed by atoms with E-state index < -0.39 is 11.7 Å². The molecule has 0 aromatic heterocycles. The second-order valence-corrected chi connectivity index (χ2v) is 2.44. The smallest absolute Gasteiger partial charge is 0.241 e. The summed E-state index contributed by atoms with van der Waals surface area (Å²) in [7, 11) is 0. The van der Waals surface area contributed by atoms with Gasteiger partial charge in [0.2, 0.25) is 5.91 Å². The molecule has 13 heavy (non-hydrogen) atoms. The van der Waals surface area contributed by atoms with Gasteiger partial charge in [-0.3, -0.25) is 4.79 Å². The van der Waals surface area contributed by atoms with Crippen LogP contribution in [0.1, 0.15) is 5.56 Å². The number of hydrogen-bond donors (Lipinski definition) is 2. The van der Waals surface area contributed by atoms with Crippen LogP contribution < -0.4 is 5.73 Å². The van der Waals surface area contributed by atoms with Gasteiger partial charge in [0.25, 0.3) is 0 Å². The maximum Gasteiger partial charge on any atom is 0.241 e. The minimum Gasteiger partial charge on any atom is -0.507 e. The third-order valence-corrected chi connectivity index (χ3v) is 1.42. The minimum absolute atomic E-state index is 0.225. The summed E-state index contributed by atoms with van der Waals surface area (Å²) in [6.45, 7) is 0. The van der Waals surface area contributed by atoms with Crippen molar-refractivity contribution in [2.45, 2.75) is 0 Å². The summed E-state index contributed by atoms with van der Waals surface area (Å²) in [4.78, 5) is 10.3. The molecule has 0 unspecified atom stereocenters. The highest BCUT2D eigenvalue weighted by atomic mass is 19.1. The first-order valence-corrected chi connectivity index (χ1v) is 3.55. The maximum absolute atomic E-state index is 12.5. The van der Waals surface area contributed by atoms with E-state index in [0.717, 1.165) is 12.1 Å². The summed E-state index contributed by atoms with van der Waals surface area (Å²) < 4.78 is 12.5. The number of halogens is 1. The lowest BCUT2D eigenvalue weighted by atomic mass is 10.2. The summed E-state index contributed by atoms with van der Waals surface area (Å²) in [6, 6.07) is 3.49. The molecule has 0 fully saturated rings. The summed E-state index contributed by atoms with van der Waals surface area (Å²) >= 11 is 0. The molecule has 0 atom stereocenters. The molecular formula is C9H8FNO2. The van der Waals surface area contributed by atoms with Gasteiger partial charge < -0.3 is 10.8 Å². The van der Waals surface area contributed by atoms with Crippen LogP contribution in [-0.4, -0.2) is 11.0 Å². The molecule has 0 aliphatic heterocycles. The van der Waals surface area contributed by atoms with E-state index in [0.29, 0.717) is 5.56 Å². The summed E-state index contributed by atoms with van der Waals surface area (Å²) in [5.41, 5.74) is 5.19. The fourth-order valence-corrected chi connectivity index (χ4v) is 0.830. The Bertz CT molecular complexity index is 361. The van der Waals surface area contributed by atoms with Crippen LogP contribution in [0, 0.1) is 5.82 Å². The zero-order valence-corrected chi connectivity index (χ0v) is 6.70. The number of hydrogen-bond acceptors (Lipinski definition) is 2. The molecule has 1 rings (SSSR count). The molecule has 4 heteroatoms. The van der Waals surface area contributed by atoms with Crippen molar-refractivity contribution in [3.8, 4) is 5.75 Å². The van der Waals surface area contributed by atoms with E-state index in [4.69, 9.17) is 10.8 Å². The molecule has 0 saturated carbocycles. The molecule has 0 radical (unpaired) electrons. The molecule has 1 aromatic carbocycles.